The van der Waals surface area contributed by atoms with Gasteiger partial charge in [-0.05, 0) is 25.2 Å². The molecule has 1 rings (SSSR count). The van der Waals surface area contributed by atoms with Gasteiger partial charge in [-0.25, -0.2) is 0 Å². The molecule has 70 valence electrons. The monoisotopic (exact) mass is 168 g/mol. The Balaban J connectivity index is 2.44. The molecular formula is C10H20N2. The Labute approximate surface area is 75.3 Å². The molecule has 0 aromatic carbocycles. The molecule has 1 saturated carbocycles. The minimum atomic E-state index is 0.456. The van der Waals surface area contributed by atoms with Gasteiger partial charge in [0.25, 0.3) is 0 Å². The molecule has 3 atom stereocenters. The molecule has 12 heavy (non-hydrogen) atoms. The van der Waals surface area contributed by atoms with Crippen molar-refractivity contribution < 1.29 is 0 Å². The largest absolute Gasteiger partial charge is 0.387 e. The lowest BCUT2D eigenvalue weighted by Crippen LogP contribution is -2.32. The van der Waals surface area contributed by atoms with E-state index in [1.54, 1.807) is 0 Å². The number of nitrogens with two attached hydrogens (primary N) is 1. The number of hydrogen-bond donors (Lipinski definition) is 1. The Morgan fingerprint density at radius 1 is 1.58 bits per heavy atom. The second-order valence-corrected chi connectivity index (χ2v) is 3.99. The van der Waals surface area contributed by atoms with Gasteiger partial charge >= 0.3 is 0 Å². The van der Waals surface area contributed by atoms with Crippen LogP contribution in [0.4, 0.5) is 0 Å². The molecule has 0 aromatic rings. The van der Waals surface area contributed by atoms with Gasteiger partial charge in [0.15, 0.2) is 0 Å². The summed E-state index contributed by atoms with van der Waals surface area (Å²) in [5, 5.41) is 0. The zero-order valence-corrected chi connectivity index (χ0v) is 8.38. The Hall–Kier alpha value is -0.530. The van der Waals surface area contributed by atoms with Crippen LogP contribution in [0.25, 0.3) is 0 Å². The molecule has 1 fully saturated rings. The summed E-state index contributed by atoms with van der Waals surface area (Å²) < 4.78 is 0. The van der Waals surface area contributed by atoms with Gasteiger partial charge < -0.3 is 5.73 Å². The van der Waals surface area contributed by atoms with Crippen molar-refractivity contribution in [3.63, 3.8) is 0 Å². The molecule has 0 saturated heterocycles. The van der Waals surface area contributed by atoms with Gasteiger partial charge in [0.1, 0.15) is 0 Å². The molecule has 1 aliphatic carbocycles. The lowest BCUT2D eigenvalue weighted by molar-refractivity contribution is 0.283. The van der Waals surface area contributed by atoms with Gasteiger partial charge in [-0.15, -0.1) is 0 Å². The number of aliphatic imine (C=N–C) groups is 1. The maximum atomic E-state index is 5.85. The van der Waals surface area contributed by atoms with Crippen LogP contribution in [0.2, 0.25) is 0 Å². The summed E-state index contributed by atoms with van der Waals surface area (Å²) in [6, 6.07) is 0.527. The number of rotatable bonds is 3. The summed E-state index contributed by atoms with van der Waals surface area (Å²) in [5.74, 6) is 2.07. The maximum Gasteiger partial charge on any atom is 0.0969 e. The summed E-state index contributed by atoms with van der Waals surface area (Å²) in [6.45, 7) is 6.54. The lowest BCUT2D eigenvalue weighted by Gasteiger charge is -2.31. The highest BCUT2D eigenvalue weighted by Gasteiger charge is 2.26. The van der Waals surface area contributed by atoms with E-state index < -0.39 is 0 Å². The maximum absolute atomic E-state index is 5.85. The van der Waals surface area contributed by atoms with Crippen LogP contribution in [0, 0.1) is 11.8 Å². The van der Waals surface area contributed by atoms with Gasteiger partial charge in [-0.1, -0.05) is 20.8 Å². The highest BCUT2D eigenvalue weighted by atomic mass is 14.9. The zero-order chi connectivity index (χ0) is 9.14. The molecule has 0 amide bonds. The van der Waals surface area contributed by atoms with Crippen LogP contribution in [0.3, 0.4) is 0 Å². The van der Waals surface area contributed by atoms with Crippen molar-refractivity contribution in [2.45, 2.75) is 46.1 Å². The summed E-state index contributed by atoms with van der Waals surface area (Å²) in [4.78, 5) is 4.53. The third-order valence-corrected chi connectivity index (χ3v) is 3.01. The Kier molecular flexibility index (Phi) is 3.12. The van der Waals surface area contributed by atoms with Crippen LogP contribution in [0.5, 0.6) is 0 Å². The van der Waals surface area contributed by atoms with Crippen molar-refractivity contribution in [3.05, 3.63) is 0 Å². The van der Waals surface area contributed by atoms with Crippen LogP contribution in [0.1, 0.15) is 40.0 Å². The Morgan fingerprint density at radius 2 is 2.25 bits per heavy atom. The van der Waals surface area contributed by atoms with Crippen LogP contribution >= 0.6 is 0 Å². The van der Waals surface area contributed by atoms with Gasteiger partial charge in [0.2, 0.25) is 0 Å². The number of amidine groups is 1. The molecule has 2 nitrogen and oxygen atoms in total. The van der Waals surface area contributed by atoms with Crippen LogP contribution in [-0.2, 0) is 0 Å². The van der Waals surface area contributed by atoms with E-state index in [0.717, 1.165) is 18.2 Å². The molecule has 0 aromatic heterocycles. The molecule has 2 heteroatoms. The van der Waals surface area contributed by atoms with E-state index in [1.165, 1.54) is 12.8 Å². The summed E-state index contributed by atoms with van der Waals surface area (Å²) in [5.41, 5.74) is 5.85. The van der Waals surface area contributed by atoms with Gasteiger partial charge in [-0.3, -0.25) is 4.99 Å². The highest BCUT2D eigenvalue weighted by Crippen LogP contribution is 2.29. The molecular weight excluding hydrogens is 148 g/mol. The van der Waals surface area contributed by atoms with Gasteiger partial charge in [0, 0.05) is 5.92 Å². The van der Waals surface area contributed by atoms with Crippen LogP contribution < -0.4 is 5.73 Å². The standard InChI is InChI=1S/C10H20N2/c1-4-7(2)10(11)12-9-6-5-8(9)3/h7-9H,4-6H2,1-3H3,(H2,11,12). The second kappa shape index (κ2) is 3.92. The van der Waals surface area contributed by atoms with E-state index in [1.807, 2.05) is 0 Å². The summed E-state index contributed by atoms with van der Waals surface area (Å²) in [7, 11) is 0. The first-order valence-electron chi connectivity index (χ1n) is 4.98. The smallest absolute Gasteiger partial charge is 0.0969 e. The fourth-order valence-corrected chi connectivity index (χ4v) is 1.37. The third-order valence-electron chi connectivity index (χ3n) is 3.01. The normalized spacial score (nSPS) is 32.8. The fraction of sp³-hybridized carbons (Fsp3) is 0.900. The highest BCUT2D eigenvalue weighted by molar-refractivity contribution is 5.82. The van der Waals surface area contributed by atoms with E-state index in [9.17, 15) is 0 Å². The van der Waals surface area contributed by atoms with Crippen molar-refractivity contribution in [3.8, 4) is 0 Å². The van der Waals surface area contributed by atoms with Crippen molar-refractivity contribution in [2.75, 3.05) is 0 Å². The molecule has 0 heterocycles. The summed E-state index contributed by atoms with van der Waals surface area (Å²) in [6.07, 6.45) is 3.65. The number of hydrogen-bond acceptors (Lipinski definition) is 1. The minimum Gasteiger partial charge on any atom is -0.387 e. The van der Waals surface area contributed by atoms with Crippen molar-refractivity contribution >= 4 is 5.84 Å². The van der Waals surface area contributed by atoms with Crippen molar-refractivity contribution in [1.82, 2.24) is 0 Å². The van der Waals surface area contributed by atoms with Gasteiger partial charge in [-0.2, -0.15) is 0 Å². The quantitative estimate of drug-likeness (QED) is 0.509. The van der Waals surface area contributed by atoms with Crippen LogP contribution in [-0.4, -0.2) is 11.9 Å². The first-order chi connectivity index (χ1) is 5.65. The van der Waals surface area contributed by atoms with E-state index in [-0.39, 0.29) is 0 Å². The number of nitrogens with zero attached hydrogens (tertiary/aromatic N) is 1. The van der Waals surface area contributed by atoms with E-state index >= 15 is 0 Å². The van der Waals surface area contributed by atoms with Crippen molar-refractivity contribution in [2.24, 2.45) is 22.6 Å². The summed E-state index contributed by atoms with van der Waals surface area (Å²) >= 11 is 0. The fourth-order valence-electron chi connectivity index (χ4n) is 1.37. The van der Waals surface area contributed by atoms with E-state index in [0.29, 0.717) is 12.0 Å². The van der Waals surface area contributed by atoms with Gasteiger partial charge in [0.05, 0.1) is 11.9 Å². The SMILES string of the molecule is CCC(C)C(N)=NC1CCC1C. The average Bonchev–Trinajstić information content (AvgIpc) is 2.09. The topological polar surface area (TPSA) is 38.4 Å². The van der Waals surface area contributed by atoms with E-state index in [2.05, 4.69) is 25.8 Å². The van der Waals surface area contributed by atoms with E-state index in [4.69, 9.17) is 5.73 Å². The molecule has 0 bridgehead atoms. The lowest BCUT2D eigenvalue weighted by atomic mass is 9.81. The average molecular weight is 168 g/mol. The Bertz CT molecular complexity index is 175. The minimum absolute atomic E-state index is 0.456. The molecule has 0 spiro atoms. The zero-order valence-electron chi connectivity index (χ0n) is 8.38. The van der Waals surface area contributed by atoms with Crippen molar-refractivity contribution in [1.29, 1.82) is 0 Å². The Morgan fingerprint density at radius 3 is 2.58 bits per heavy atom. The molecule has 2 N–H and O–H groups in total. The predicted octanol–water partition coefficient (Wildman–Crippen LogP) is 2.19. The second-order valence-electron chi connectivity index (χ2n) is 3.99. The predicted molar refractivity (Wildman–Crippen MR) is 53.3 cm³/mol. The first kappa shape index (κ1) is 9.56. The third kappa shape index (κ3) is 1.99. The molecule has 0 aliphatic heterocycles. The first-order valence-corrected chi connectivity index (χ1v) is 4.98. The molecule has 0 radical (unpaired) electrons. The molecule has 1 aliphatic rings. The van der Waals surface area contributed by atoms with Crippen LogP contribution in [0.15, 0.2) is 4.99 Å². The molecule has 3 unspecified atom stereocenters.